The zero-order valence-corrected chi connectivity index (χ0v) is 29.9. The number of rotatable bonds is 8. The Morgan fingerprint density at radius 2 is 1.65 bits per heavy atom. The van der Waals surface area contributed by atoms with Crippen LogP contribution in [0.3, 0.4) is 0 Å². The molecule has 3 aromatic carbocycles. The molecule has 2 aliphatic rings. The second kappa shape index (κ2) is 17.3. The summed E-state index contributed by atoms with van der Waals surface area (Å²) in [5, 5.41) is 15.8. The van der Waals surface area contributed by atoms with Gasteiger partial charge in [-0.3, -0.25) is 9.69 Å². The monoisotopic (exact) mass is 728 g/mol. The number of alkyl halides is 3. The Bertz CT molecular complexity index is 1670. The summed E-state index contributed by atoms with van der Waals surface area (Å²) in [7, 11) is 1.88. The number of likely N-dealkylation sites (N-methyl/N-ethyl adjacent to an activating group) is 1. The lowest BCUT2D eigenvalue weighted by Gasteiger charge is -2.36. The minimum absolute atomic E-state index is 0.107. The van der Waals surface area contributed by atoms with E-state index in [0.717, 1.165) is 30.5 Å². The predicted molar refractivity (Wildman–Crippen MR) is 190 cm³/mol. The Morgan fingerprint density at radius 3 is 2.35 bits per heavy atom. The molecular formula is C38H47F3N4O7. The number of hydrogen-bond donors (Lipinski definition) is 3. The Balaban J connectivity index is 1.34. The summed E-state index contributed by atoms with van der Waals surface area (Å²) in [6, 6.07) is 14.0. The summed E-state index contributed by atoms with van der Waals surface area (Å²) < 4.78 is 62.7. The molecule has 3 N–H and O–H groups in total. The SMILES string of the molecule is C[C@@H]1CCCCO[C@H](CN(C)Cc2ccc(C(F)(F)F)cc2)[C@@H](C)CN([C@@H](C)CO)C(=O)c2cc(NC(=O)Nc3ccc4c(c3)OCO4)ccc2O1. The van der Waals surface area contributed by atoms with Crippen LogP contribution in [0.15, 0.2) is 60.7 Å². The van der Waals surface area contributed by atoms with Gasteiger partial charge in [0.15, 0.2) is 11.5 Å². The smallest absolute Gasteiger partial charge is 0.416 e. The van der Waals surface area contributed by atoms with Crippen molar-refractivity contribution in [2.75, 3.05) is 50.8 Å². The number of anilines is 2. The number of fused-ring (bicyclic) bond motifs is 2. The number of nitrogens with one attached hydrogen (secondary N) is 2. The first-order valence-electron chi connectivity index (χ1n) is 17.5. The Hall–Kier alpha value is -4.53. The minimum atomic E-state index is -4.40. The van der Waals surface area contributed by atoms with Crippen LogP contribution in [-0.4, -0.2) is 85.2 Å². The molecule has 0 spiro atoms. The highest BCUT2D eigenvalue weighted by molar-refractivity contribution is 6.02. The molecule has 0 saturated heterocycles. The van der Waals surface area contributed by atoms with Gasteiger partial charge in [0, 0.05) is 49.6 Å². The molecule has 3 aromatic rings. The van der Waals surface area contributed by atoms with Crippen molar-refractivity contribution >= 4 is 23.3 Å². The second-order valence-corrected chi connectivity index (χ2v) is 13.5. The number of aliphatic hydroxyl groups excluding tert-OH is 1. The number of amides is 3. The lowest BCUT2D eigenvalue weighted by atomic mass is 10.0. The van der Waals surface area contributed by atoms with Crippen molar-refractivity contribution in [3.05, 3.63) is 77.4 Å². The Morgan fingerprint density at radius 1 is 0.981 bits per heavy atom. The van der Waals surface area contributed by atoms with Gasteiger partial charge in [0.25, 0.3) is 5.91 Å². The van der Waals surface area contributed by atoms with Gasteiger partial charge in [-0.2, -0.15) is 13.2 Å². The van der Waals surface area contributed by atoms with E-state index < -0.39 is 23.8 Å². The van der Waals surface area contributed by atoms with Gasteiger partial charge < -0.3 is 39.6 Å². The minimum Gasteiger partial charge on any atom is -0.490 e. The predicted octanol–water partition coefficient (Wildman–Crippen LogP) is 7.01. The lowest BCUT2D eigenvalue weighted by Crippen LogP contribution is -2.47. The maximum absolute atomic E-state index is 14.4. The van der Waals surface area contributed by atoms with Crippen LogP contribution in [0.1, 0.15) is 61.5 Å². The van der Waals surface area contributed by atoms with E-state index in [1.807, 2.05) is 25.8 Å². The van der Waals surface area contributed by atoms with Gasteiger partial charge in [0.1, 0.15) is 5.75 Å². The molecule has 2 aliphatic heterocycles. The summed E-state index contributed by atoms with van der Waals surface area (Å²) in [5.41, 5.74) is 1.12. The molecule has 5 rings (SSSR count). The third-order valence-corrected chi connectivity index (χ3v) is 9.17. The molecule has 0 aliphatic carbocycles. The molecule has 0 radical (unpaired) electrons. The van der Waals surface area contributed by atoms with E-state index in [2.05, 4.69) is 10.6 Å². The van der Waals surface area contributed by atoms with E-state index in [4.69, 9.17) is 18.9 Å². The largest absolute Gasteiger partial charge is 0.490 e. The maximum atomic E-state index is 14.4. The van der Waals surface area contributed by atoms with Crippen LogP contribution in [0, 0.1) is 5.92 Å². The molecule has 3 amide bonds. The average Bonchev–Trinajstić information content (AvgIpc) is 3.57. The fourth-order valence-electron chi connectivity index (χ4n) is 6.21. The van der Waals surface area contributed by atoms with Crippen LogP contribution < -0.4 is 24.8 Å². The van der Waals surface area contributed by atoms with Gasteiger partial charge >= 0.3 is 12.2 Å². The van der Waals surface area contributed by atoms with Gasteiger partial charge in [-0.25, -0.2) is 4.79 Å². The van der Waals surface area contributed by atoms with Crippen molar-refractivity contribution in [1.29, 1.82) is 0 Å². The number of carbonyl (C=O) groups is 2. The topological polar surface area (TPSA) is 122 Å². The third-order valence-electron chi connectivity index (χ3n) is 9.17. The fourth-order valence-corrected chi connectivity index (χ4v) is 6.21. The van der Waals surface area contributed by atoms with Crippen LogP contribution in [0.25, 0.3) is 0 Å². The van der Waals surface area contributed by atoms with Crippen LogP contribution in [0.5, 0.6) is 17.2 Å². The normalized spacial score (nSPS) is 20.4. The molecule has 282 valence electrons. The number of halogens is 3. The second-order valence-electron chi connectivity index (χ2n) is 13.5. The maximum Gasteiger partial charge on any atom is 0.416 e. The Kier molecular flexibility index (Phi) is 12.9. The number of carbonyl (C=O) groups excluding carboxylic acids is 2. The number of nitrogens with zero attached hydrogens (tertiary/aromatic N) is 2. The van der Waals surface area contributed by atoms with E-state index in [1.54, 1.807) is 48.2 Å². The van der Waals surface area contributed by atoms with Gasteiger partial charge in [-0.15, -0.1) is 0 Å². The van der Waals surface area contributed by atoms with Gasteiger partial charge in [-0.05, 0) is 88.2 Å². The average molecular weight is 729 g/mol. The highest BCUT2D eigenvalue weighted by Crippen LogP contribution is 2.35. The molecule has 2 heterocycles. The van der Waals surface area contributed by atoms with Gasteiger partial charge in [-0.1, -0.05) is 19.1 Å². The molecule has 0 aromatic heterocycles. The number of ether oxygens (including phenoxy) is 4. The lowest BCUT2D eigenvalue weighted by molar-refractivity contribution is -0.137. The summed E-state index contributed by atoms with van der Waals surface area (Å²) in [4.78, 5) is 31.0. The summed E-state index contributed by atoms with van der Waals surface area (Å²) in [5.74, 6) is 0.885. The summed E-state index contributed by atoms with van der Waals surface area (Å²) in [6.45, 7) is 7.06. The Labute approximate surface area is 302 Å². The molecule has 4 atom stereocenters. The number of aliphatic hydroxyl groups is 1. The van der Waals surface area contributed by atoms with Crippen molar-refractivity contribution in [3.63, 3.8) is 0 Å². The van der Waals surface area contributed by atoms with E-state index in [1.165, 1.54) is 12.1 Å². The van der Waals surface area contributed by atoms with E-state index in [-0.39, 0.29) is 49.5 Å². The third kappa shape index (κ3) is 10.3. The molecule has 0 fully saturated rings. The van der Waals surface area contributed by atoms with Crippen molar-refractivity contribution < 1.29 is 46.8 Å². The van der Waals surface area contributed by atoms with Crippen LogP contribution in [0.2, 0.25) is 0 Å². The first-order chi connectivity index (χ1) is 24.8. The quantitative estimate of drug-likeness (QED) is 0.227. The highest BCUT2D eigenvalue weighted by Gasteiger charge is 2.32. The van der Waals surface area contributed by atoms with Gasteiger partial charge in [0.05, 0.1) is 36.0 Å². The summed E-state index contributed by atoms with van der Waals surface area (Å²) >= 11 is 0. The first-order valence-corrected chi connectivity index (χ1v) is 17.5. The van der Waals surface area contributed by atoms with Crippen LogP contribution in [0.4, 0.5) is 29.3 Å². The molecule has 52 heavy (non-hydrogen) atoms. The van der Waals surface area contributed by atoms with E-state index in [0.29, 0.717) is 54.7 Å². The molecule has 14 heteroatoms. The van der Waals surface area contributed by atoms with Crippen molar-refractivity contribution in [2.45, 2.75) is 71.0 Å². The number of benzene rings is 3. The molecule has 0 unspecified atom stereocenters. The zero-order chi connectivity index (χ0) is 37.4. The van der Waals surface area contributed by atoms with Crippen molar-refractivity contribution in [2.24, 2.45) is 5.92 Å². The molecular weight excluding hydrogens is 681 g/mol. The number of hydrogen-bond acceptors (Lipinski definition) is 8. The van der Waals surface area contributed by atoms with Crippen molar-refractivity contribution in [3.8, 4) is 17.2 Å². The summed E-state index contributed by atoms with van der Waals surface area (Å²) in [6.07, 6.45) is -2.65. The number of urea groups is 1. The fraction of sp³-hybridized carbons (Fsp3) is 0.474. The van der Waals surface area contributed by atoms with Crippen molar-refractivity contribution in [1.82, 2.24) is 9.80 Å². The molecule has 0 bridgehead atoms. The highest BCUT2D eigenvalue weighted by atomic mass is 19.4. The first kappa shape index (κ1) is 38.7. The van der Waals surface area contributed by atoms with Gasteiger partial charge in [0.2, 0.25) is 6.79 Å². The van der Waals surface area contributed by atoms with Crippen LogP contribution in [-0.2, 0) is 17.5 Å². The molecule has 0 saturated carbocycles. The van der Waals surface area contributed by atoms with E-state index in [9.17, 15) is 27.9 Å². The van der Waals surface area contributed by atoms with Crippen LogP contribution >= 0.6 is 0 Å². The van der Waals surface area contributed by atoms with E-state index >= 15 is 0 Å². The zero-order valence-electron chi connectivity index (χ0n) is 29.9. The standard InChI is InChI=1S/C38H47F3N4O7/c1-24-19-45(25(2)22-46)36(47)31-17-29(42-37(48)43-30-13-15-33-34(18-30)51-23-50-33)12-14-32(31)52-26(3)7-5-6-16-49-35(24)21-44(4)20-27-8-10-28(11-9-27)38(39,40)41/h8-15,17-18,24-26,35,46H,5-7,16,19-23H2,1-4H3,(H2,42,43,48)/t24-,25-,26+,35+/m0/s1. The molecule has 11 nitrogen and oxygen atoms in total.